The van der Waals surface area contributed by atoms with E-state index in [1.165, 1.54) is 24.3 Å². The van der Waals surface area contributed by atoms with Gasteiger partial charge in [-0.25, -0.2) is 9.97 Å². The zero-order valence-corrected chi connectivity index (χ0v) is 17.5. The van der Waals surface area contributed by atoms with Gasteiger partial charge in [-0.15, -0.1) is 0 Å². The Hall–Kier alpha value is -3.81. The minimum absolute atomic E-state index is 0.0331. The number of aromatic nitrogens is 2. The minimum atomic E-state index is -0.472. The first-order chi connectivity index (χ1) is 15.0. The molecule has 0 saturated heterocycles. The molecule has 158 valence electrons. The maximum absolute atomic E-state index is 13.0. The lowest BCUT2D eigenvalue weighted by atomic mass is 10.0. The smallest absolute Gasteiger partial charge is 0.269 e. The molecule has 8 nitrogen and oxygen atoms in total. The summed E-state index contributed by atoms with van der Waals surface area (Å²) in [5.74, 6) is 1.36. The van der Waals surface area contributed by atoms with Gasteiger partial charge in [-0.3, -0.25) is 14.9 Å². The van der Waals surface area contributed by atoms with Gasteiger partial charge >= 0.3 is 0 Å². The number of nitro benzene ring substituents is 1. The van der Waals surface area contributed by atoms with Crippen LogP contribution in [-0.2, 0) is 13.0 Å². The number of hydrogen-bond donors (Lipinski definition) is 0. The molecule has 0 atom stereocenters. The quantitative estimate of drug-likeness (QED) is 0.464. The van der Waals surface area contributed by atoms with E-state index in [1.807, 2.05) is 37.4 Å². The van der Waals surface area contributed by atoms with Gasteiger partial charge in [0.25, 0.3) is 11.6 Å². The molecule has 2 aromatic carbocycles. The molecular weight excluding hydrogens is 394 g/mol. The van der Waals surface area contributed by atoms with Crippen molar-refractivity contribution in [3.63, 3.8) is 0 Å². The number of rotatable bonds is 5. The average Bonchev–Trinajstić information content (AvgIpc) is 2.82. The molecule has 8 heteroatoms. The summed E-state index contributed by atoms with van der Waals surface area (Å²) in [6.45, 7) is 3.76. The number of carbonyl (C=O) groups excluding carboxylic acids is 1. The third kappa shape index (κ3) is 4.09. The molecule has 1 aromatic heterocycles. The topological polar surface area (TPSA) is 92.5 Å². The number of nitrogens with zero attached hydrogens (tertiary/aromatic N) is 5. The van der Waals surface area contributed by atoms with Gasteiger partial charge in [0.2, 0.25) is 0 Å². The largest absolute Gasteiger partial charge is 0.360 e. The first kappa shape index (κ1) is 20.5. The van der Waals surface area contributed by atoms with Crippen LogP contribution in [0.1, 0.15) is 28.5 Å². The summed E-state index contributed by atoms with van der Waals surface area (Å²) in [5.41, 5.74) is 3.26. The number of carbonyl (C=O) groups is 1. The van der Waals surface area contributed by atoms with Gasteiger partial charge in [0.1, 0.15) is 5.82 Å². The van der Waals surface area contributed by atoms with Crippen LogP contribution >= 0.6 is 0 Å². The molecule has 4 rings (SSSR count). The SMILES string of the molecule is CCN(C)c1nc(-c2ccccc2)nc2c1CN(C(=O)c1ccc([N+](=O)[O-])cc1)CC2. The fraction of sp³-hybridized carbons (Fsp3) is 0.261. The van der Waals surface area contributed by atoms with Gasteiger partial charge in [0, 0.05) is 55.4 Å². The Balaban J connectivity index is 1.66. The van der Waals surface area contributed by atoms with Crippen LogP contribution in [-0.4, -0.2) is 45.8 Å². The summed E-state index contributed by atoms with van der Waals surface area (Å²) < 4.78 is 0. The molecule has 0 spiro atoms. The Morgan fingerprint density at radius 2 is 1.84 bits per heavy atom. The van der Waals surface area contributed by atoms with Crippen LogP contribution in [0, 0.1) is 10.1 Å². The average molecular weight is 417 g/mol. The normalized spacial score (nSPS) is 12.9. The molecule has 1 amide bonds. The molecule has 0 unspecified atom stereocenters. The van der Waals surface area contributed by atoms with Crippen LogP contribution in [0.25, 0.3) is 11.4 Å². The van der Waals surface area contributed by atoms with Crippen molar-refractivity contribution in [2.75, 3.05) is 25.0 Å². The first-order valence-corrected chi connectivity index (χ1v) is 10.2. The van der Waals surface area contributed by atoms with Gasteiger partial charge in [0.05, 0.1) is 17.2 Å². The predicted molar refractivity (Wildman–Crippen MR) is 118 cm³/mol. The Bertz CT molecular complexity index is 1120. The zero-order valence-electron chi connectivity index (χ0n) is 17.5. The summed E-state index contributed by atoms with van der Waals surface area (Å²) in [6, 6.07) is 15.6. The van der Waals surface area contributed by atoms with Crippen molar-refractivity contribution in [3.05, 3.63) is 81.5 Å². The zero-order chi connectivity index (χ0) is 22.0. The molecule has 0 N–H and O–H groups in total. The van der Waals surface area contributed by atoms with Crippen molar-refractivity contribution in [1.29, 1.82) is 0 Å². The highest BCUT2D eigenvalue weighted by molar-refractivity contribution is 5.94. The van der Waals surface area contributed by atoms with E-state index in [9.17, 15) is 14.9 Å². The Morgan fingerprint density at radius 1 is 1.13 bits per heavy atom. The van der Waals surface area contributed by atoms with E-state index in [1.54, 1.807) is 4.90 Å². The van der Waals surface area contributed by atoms with E-state index in [0.29, 0.717) is 30.9 Å². The summed E-state index contributed by atoms with van der Waals surface area (Å²) in [4.78, 5) is 36.9. The van der Waals surface area contributed by atoms with E-state index < -0.39 is 4.92 Å². The van der Waals surface area contributed by atoms with Crippen molar-refractivity contribution in [2.24, 2.45) is 0 Å². The highest BCUT2D eigenvalue weighted by atomic mass is 16.6. The lowest BCUT2D eigenvalue weighted by Gasteiger charge is -2.31. The molecule has 31 heavy (non-hydrogen) atoms. The number of hydrogen-bond acceptors (Lipinski definition) is 6. The summed E-state index contributed by atoms with van der Waals surface area (Å²) in [7, 11) is 1.98. The highest BCUT2D eigenvalue weighted by Crippen LogP contribution is 2.30. The van der Waals surface area contributed by atoms with E-state index in [-0.39, 0.29) is 11.6 Å². The molecule has 3 aromatic rings. The van der Waals surface area contributed by atoms with Crippen molar-refractivity contribution in [2.45, 2.75) is 19.9 Å². The van der Waals surface area contributed by atoms with Gasteiger partial charge in [0.15, 0.2) is 5.82 Å². The van der Waals surface area contributed by atoms with Gasteiger partial charge in [-0.05, 0) is 19.1 Å². The van der Waals surface area contributed by atoms with E-state index >= 15 is 0 Å². The van der Waals surface area contributed by atoms with E-state index in [0.717, 1.165) is 29.2 Å². The number of non-ortho nitro benzene ring substituents is 1. The molecular formula is C23H23N5O3. The van der Waals surface area contributed by atoms with Crippen molar-refractivity contribution < 1.29 is 9.72 Å². The standard InChI is InChI=1S/C23H23N5O3/c1-3-26(2)22-19-15-27(23(29)17-9-11-18(12-10-17)28(30)31)14-13-20(19)24-21(25-22)16-7-5-4-6-8-16/h4-12H,3,13-15H2,1-2H3. The summed E-state index contributed by atoms with van der Waals surface area (Å²) in [5, 5.41) is 10.9. The number of nitro groups is 1. The Morgan fingerprint density at radius 3 is 2.48 bits per heavy atom. The van der Waals surface area contributed by atoms with Gasteiger partial charge in [-0.2, -0.15) is 0 Å². The Labute approximate surface area is 180 Å². The second-order valence-electron chi connectivity index (χ2n) is 7.46. The molecule has 1 aliphatic heterocycles. The first-order valence-electron chi connectivity index (χ1n) is 10.2. The lowest BCUT2D eigenvalue weighted by Crippen LogP contribution is -2.37. The van der Waals surface area contributed by atoms with Crippen molar-refractivity contribution >= 4 is 17.4 Å². The van der Waals surface area contributed by atoms with Crippen LogP contribution in [0.5, 0.6) is 0 Å². The van der Waals surface area contributed by atoms with E-state index in [2.05, 4.69) is 11.8 Å². The van der Waals surface area contributed by atoms with Crippen LogP contribution in [0.3, 0.4) is 0 Å². The molecule has 0 radical (unpaired) electrons. The van der Waals surface area contributed by atoms with Crippen LogP contribution < -0.4 is 4.90 Å². The van der Waals surface area contributed by atoms with Crippen molar-refractivity contribution in [3.8, 4) is 11.4 Å². The number of fused-ring (bicyclic) bond motifs is 1. The molecule has 1 aliphatic rings. The third-order valence-electron chi connectivity index (χ3n) is 5.52. The maximum atomic E-state index is 13.0. The molecule has 0 saturated carbocycles. The third-order valence-corrected chi connectivity index (χ3v) is 5.52. The predicted octanol–water partition coefficient (Wildman–Crippen LogP) is 3.71. The summed E-state index contributed by atoms with van der Waals surface area (Å²) in [6.07, 6.45) is 0.626. The van der Waals surface area contributed by atoms with Crippen LogP contribution in [0.15, 0.2) is 54.6 Å². The molecule has 0 aliphatic carbocycles. The van der Waals surface area contributed by atoms with Crippen LogP contribution in [0.2, 0.25) is 0 Å². The summed E-state index contributed by atoms with van der Waals surface area (Å²) >= 11 is 0. The number of amides is 1. The number of anilines is 1. The van der Waals surface area contributed by atoms with Gasteiger partial charge in [-0.1, -0.05) is 30.3 Å². The van der Waals surface area contributed by atoms with Crippen LogP contribution in [0.4, 0.5) is 11.5 Å². The fourth-order valence-corrected chi connectivity index (χ4v) is 3.66. The molecule has 0 bridgehead atoms. The second-order valence-corrected chi connectivity index (χ2v) is 7.46. The maximum Gasteiger partial charge on any atom is 0.269 e. The highest BCUT2D eigenvalue weighted by Gasteiger charge is 2.27. The molecule has 0 fully saturated rings. The number of benzene rings is 2. The fourth-order valence-electron chi connectivity index (χ4n) is 3.66. The minimum Gasteiger partial charge on any atom is -0.360 e. The monoisotopic (exact) mass is 417 g/mol. The van der Waals surface area contributed by atoms with E-state index in [4.69, 9.17) is 9.97 Å². The molecule has 2 heterocycles. The lowest BCUT2D eigenvalue weighted by molar-refractivity contribution is -0.384. The second kappa shape index (κ2) is 8.51. The van der Waals surface area contributed by atoms with Crippen molar-refractivity contribution in [1.82, 2.24) is 14.9 Å². The Kier molecular flexibility index (Phi) is 5.62. The van der Waals surface area contributed by atoms with Gasteiger partial charge < -0.3 is 9.80 Å².